The predicted molar refractivity (Wildman–Crippen MR) is 101 cm³/mol. The van der Waals surface area contributed by atoms with Gasteiger partial charge in [0, 0.05) is 4.47 Å². The first kappa shape index (κ1) is 18.2. The molecule has 6 nitrogen and oxygen atoms in total. The Morgan fingerprint density at radius 1 is 1.15 bits per heavy atom. The number of urea groups is 1. The Kier molecular flexibility index (Phi) is 5.11. The summed E-state index contributed by atoms with van der Waals surface area (Å²) < 4.78 is 5.77. The van der Waals surface area contributed by atoms with Gasteiger partial charge in [-0.05, 0) is 42.0 Å². The highest BCUT2D eigenvalue weighted by molar-refractivity contribution is 9.10. The van der Waals surface area contributed by atoms with Gasteiger partial charge >= 0.3 is 6.03 Å². The Labute approximate surface area is 162 Å². The lowest BCUT2D eigenvalue weighted by Gasteiger charge is -2.26. The van der Waals surface area contributed by atoms with Crippen LogP contribution in [0.3, 0.4) is 0 Å². The van der Waals surface area contributed by atoms with E-state index < -0.39 is 17.8 Å². The standard InChI is InChI=1S/C18H12BrClN2O4/c1-26-15-6-5-10(8-14(15)20)7-13-16(23)21-18(25)22(17(13)24)12-4-2-3-11(19)9-12/h2-9H,1H3,(H,21,23,25)/b13-7-. The number of hydrogen-bond donors (Lipinski definition) is 1. The summed E-state index contributed by atoms with van der Waals surface area (Å²) in [5, 5.41) is 2.51. The summed E-state index contributed by atoms with van der Waals surface area (Å²) in [5.41, 5.74) is 0.691. The van der Waals surface area contributed by atoms with Gasteiger partial charge in [0.1, 0.15) is 11.3 Å². The van der Waals surface area contributed by atoms with E-state index in [0.29, 0.717) is 26.5 Å². The number of halogens is 2. The number of amides is 4. The third-order valence-electron chi connectivity index (χ3n) is 3.65. The fourth-order valence-electron chi connectivity index (χ4n) is 2.45. The van der Waals surface area contributed by atoms with Crippen molar-refractivity contribution in [3.63, 3.8) is 0 Å². The van der Waals surface area contributed by atoms with Gasteiger partial charge in [0.25, 0.3) is 11.8 Å². The highest BCUT2D eigenvalue weighted by Crippen LogP contribution is 2.28. The van der Waals surface area contributed by atoms with Crippen molar-refractivity contribution < 1.29 is 19.1 Å². The second-order valence-electron chi connectivity index (χ2n) is 5.33. The number of benzene rings is 2. The molecule has 26 heavy (non-hydrogen) atoms. The van der Waals surface area contributed by atoms with Gasteiger partial charge in [0.2, 0.25) is 0 Å². The molecule has 0 atom stereocenters. The van der Waals surface area contributed by atoms with Crippen LogP contribution >= 0.6 is 27.5 Å². The summed E-state index contributed by atoms with van der Waals surface area (Å²) in [6.45, 7) is 0. The van der Waals surface area contributed by atoms with Crippen molar-refractivity contribution in [2.75, 3.05) is 12.0 Å². The minimum absolute atomic E-state index is 0.175. The van der Waals surface area contributed by atoms with Gasteiger partial charge in [-0.15, -0.1) is 0 Å². The molecule has 0 aromatic heterocycles. The molecule has 4 amide bonds. The molecule has 3 rings (SSSR count). The molecule has 1 aliphatic heterocycles. The maximum absolute atomic E-state index is 12.8. The smallest absolute Gasteiger partial charge is 0.335 e. The van der Waals surface area contributed by atoms with Crippen LogP contribution in [-0.2, 0) is 9.59 Å². The fourth-order valence-corrected chi connectivity index (χ4v) is 3.10. The van der Waals surface area contributed by atoms with Crippen LogP contribution in [0.4, 0.5) is 10.5 Å². The molecule has 1 fully saturated rings. The highest BCUT2D eigenvalue weighted by Gasteiger charge is 2.36. The second kappa shape index (κ2) is 7.31. The number of carbonyl (C=O) groups is 3. The first-order valence-electron chi connectivity index (χ1n) is 7.41. The van der Waals surface area contributed by atoms with E-state index in [-0.39, 0.29) is 5.57 Å². The zero-order valence-electron chi connectivity index (χ0n) is 13.5. The maximum Gasteiger partial charge on any atom is 0.335 e. The Morgan fingerprint density at radius 3 is 2.58 bits per heavy atom. The Balaban J connectivity index is 2.01. The van der Waals surface area contributed by atoms with Gasteiger partial charge in [0.05, 0.1) is 17.8 Å². The van der Waals surface area contributed by atoms with E-state index in [0.717, 1.165) is 4.90 Å². The number of rotatable bonds is 3. The molecule has 0 radical (unpaired) electrons. The summed E-state index contributed by atoms with van der Waals surface area (Å²) >= 11 is 9.37. The summed E-state index contributed by atoms with van der Waals surface area (Å²) in [6, 6.07) is 10.7. The third-order valence-corrected chi connectivity index (χ3v) is 4.44. The molecule has 0 unspecified atom stereocenters. The van der Waals surface area contributed by atoms with E-state index in [9.17, 15) is 14.4 Å². The first-order valence-corrected chi connectivity index (χ1v) is 8.58. The van der Waals surface area contributed by atoms with Crippen LogP contribution in [0.1, 0.15) is 5.56 Å². The molecule has 2 aromatic rings. The number of ether oxygens (including phenoxy) is 1. The number of nitrogens with one attached hydrogen (secondary N) is 1. The van der Waals surface area contributed by atoms with Crippen molar-refractivity contribution in [3.05, 3.63) is 63.1 Å². The van der Waals surface area contributed by atoms with Crippen LogP contribution in [0, 0.1) is 0 Å². The number of methoxy groups -OCH3 is 1. The molecule has 1 heterocycles. The minimum atomic E-state index is -0.803. The zero-order chi connectivity index (χ0) is 18.8. The third kappa shape index (κ3) is 3.49. The van der Waals surface area contributed by atoms with Crippen molar-refractivity contribution in [2.45, 2.75) is 0 Å². The number of anilines is 1. The Morgan fingerprint density at radius 2 is 1.92 bits per heavy atom. The molecule has 1 saturated heterocycles. The van der Waals surface area contributed by atoms with E-state index in [1.54, 1.807) is 42.5 Å². The monoisotopic (exact) mass is 434 g/mol. The minimum Gasteiger partial charge on any atom is -0.495 e. The van der Waals surface area contributed by atoms with E-state index >= 15 is 0 Å². The maximum atomic E-state index is 12.8. The molecule has 132 valence electrons. The molecular formula is C18H12BrClN2O4. The lowest BCUT2D eigenvalue weighted by molar-refractivity contribution is -0.122. The van der Waals surface area contributed by atoms with Gasteiger partial charge in [0.15, 0.2) is 0 Å². The molecule has 8 heteroatoms. The lowest BCUT2D eigenvalue weighted by atomic mass is 10.1. The Bertz CT molecular complexity index is 958. The molecule has 1 N–H and O–H groups in total. The molecule has 1 aliphatic rings. The molecule has 0 bridgehead atoms. The molecule has 0 saturated carbocycles. The van der Waals surface area contributed by atoms with Crippen LogP contribution in [-0.4, -0.2) is 25.0 Å². The van der Waals surface area contributed by atoms with Crippen LogP contribution in [0.2, 0.25) is 5.02 Å². The molecule has 0 aliphatic carbocycles. The van der Waals surface area contributed by atoms with Gasteiger partial charge in [-0.1, -0.05) is 39.7 Å². The number of hydrogen-bond acceptors (Lipinski definition) is 4. The zero-order valence-corrected chi connectivity index (χ0v) is 15.8. The normalized spacial score (nSPS) is 16.0. The van der Waals surface area contributed by atoms with Crippen molar-refractivity contribution in [3.8, 4) is 5.75 Å². The van der Waals surface area contributed by atoms with Crippen LogP contribution in [0.25, 0.3) is 6.08 Å². The molecule has 0 spiro atoms. The average Bonchev–Trinajstić information content (AvgIpc) is 2.58. The van der Waals surface area contributed by atoms with Gasteiger partial charge in [-0.3, -0.25) is 14.9 Å². The lowest BCUT2D eigenvalue weighted by Crippen LogP contribution is -2.54. The second-order valence-corrected chi connectivity index (χ2v) is 6.65. The van der Waals surface area contributed by atoms with Crippen molar-refractivity contribution in [1.82, 2.24) is 5.32 Å². The fraction of sp³-hybridized carbons (Fsp3) is 0.0556. The van der Waals surface area contributed by atoms with Gasteiger partial charge in [-0.25, -0.2) is 9.69 Å². The number of nitrogens with zero attached hydrogens (tertiary/aromatic N) is 1. The van der Waals surface area contributed by atoms with Crippen molar-refractivity contribution in [2.24, 2.45) is 0 Å². The number of barbiturate groups is 1. The van der Waals surface area contributed by atoms with E-state index in [4.69, 9.17) is 16.3 Å². The van der Waals surface area contributed by atoms with Crippen molar-refractivity contribution >= 4 is 57.1 Å². The molecule has 2 aromatic carbocycles. The quantitative estimate of drug-likeness (QED) is 0.588. The summed E-state index contributed by atoms with van der Waals surface area (Å²) in [5.74, 6) is -1.01. The van der Waals surface area contributed by atoms with E-state index in [1.165, 1.54) is 13.2 Å². The SMILES string of the molecule is COc1ccc(/C=C2/C(=O)NC(=O)N(c3cccc(Br)c3)C2=O)cc1Cl. The Hall–Kier alpha value is -2.64. The molecular weight excluding hydrogens is 424 g/mol. The largest absolute Gasteiger partial charge is 0.495 e. The van der Waals surface area contributed by atoms with Crippen LogP contribution in [0.5, 0.6) is 5.75 Å². The van der Waals surface area contributed by atoms with Crippen LogP contribution in [0.15, 0.2) is 52.5 Å². The van der Waals surface area contributed by atoms with Gasteiger partial charge in [-0.2, -0.15) is 0 Å². The predicted octanol–water partition coefficient (Wildman–Crippen LogP) is 3.78. The van der Waals surface area contributed by atoms with E-state index in [1.807, 2.05) is 0 Å². The highest BCUT2D eigenvalue weighted by atomic mass is 79.9. The summed E-state index contributed by atoms with van der Waals surface area (Å²) in [6.07, 6.45) is 1.38. The summed E-state index contributed by atoms with van der Waals surface area (Å²) in [4.78, 5) is 38.0. The van der Waals surface area contributed by atoms with Gasteiger partial charge < -0.3 is 4.74 Å². The topological polar surface area (TPSA) is 75.7 Å². The summed E-state index contributed by atoms with van der Waals surface area (Å²) in [7, 11) is 1.49. The van der Waals surface area contributed by atoms with Crippen molar-refractivity contribution in [1.29, 1.82) is 0 Å². The van der Waals surface area contributed by atoms with E-state index in [2.05, 4.69) is 21.2 Å². The average molecular weight is 436 g/mol. The first-order chi connectivity index (χ1) is 12.4. The number of carbonyl (C=O) groups excluding carboxylic acids is 3. The van der Waals surface area contributed by atoms with Crippen LogP contribution < -0.4 is 15.0 Å². The number of imide groups is 2.